The minimum Gasteiger partial charge on any atom is -0.507 e. The number of nitrogens with zero attached hydrogens (tertiary/aromatic N) is 3. The van der Waals surface area contributed by atoms with Gasteiger partial charge in [-0.25, -0.2) is 4.98 Å². The van der Waals surface area contributed by atoms with Gasteiger partial charge in [0.05, 0.1) is 40.5 Å². The first-order valence-electron chi connectivity index (χ1n) is 11.6. The first-order chi connectivity index (χ1) is 18.3. The average molecular weight is 532 g/mol. The van der Waals surface area contributed by atoms with Gasteiger partial charge in [-0.1, -0.05) is 23.5 Å². The number of carbonyl (C=O) groups is 2. The minimum absolute atomic E-state index is 0.198. The van der Waals surface area contributed by atoms with Crippen LogP contribution >= 0.6 is 11.3 Å². The molecule has 1 fully saturated rings. The molecule has 4 aromatic rings. The van der Waals surface area contributed by atoms with Gasteiger partial charge in [0.2, 0.25) is 0 Å². The predicted octanol–water partition coefficient (Wildman–Crippen LogP) is 5.24. The van der Waals surface area contributed by atoms with Crippen molar-refractivity contribution in [1.29, 1.82) is 0 Å². The molecule has 1 atom stereocenters. The number of fused-ring (bicyclic) bond motifs is 1. The summed E-state index contributed by atoms with van der Waals surface area (Å²) >= 11 is 1.16. The Morgan fingerprint density at radius 3 is 2.53 bits per heavy atom. The van der Waals surface area contributed by atoms with Gasteiger partial charge in [-0.2, -0.15) is 0 Å². The zero-order chi connectivity index (χ0) is 27.0. The summed E-state index contributed by atoms with van der Waals surface area (Å²) in [5.74, 6) is -1.07. The highest BCUT2D eigenvalue weighted by Gasteiger charge is 2.48. The molecule has 1 aliphatic heterocycles. The molecule has 1 N–H and O–H groups in total. The number of hydrogen-bond acceptors (Lipinski definition) is 9. The number of non-ortho nitro benzene ring substituents is 1. The fourth-order valence-electron chi connectivity index (χ4n) is 4.31. The van der Waals surface area contributed by atoms with Gasteiger partial charge in [0.25, 0.3) is 11.5 Å². The number of carbonyl (C=O) groups excluding carboxylic acids is 2. The lowest BCUT2D eigenvalue weighted by atomic mass is 9.95. The summed E-state index contributed by atoms with van der Waals surface area (Å²) in [5.41, 5.74) is 0.732. The van der Waals surface area contributed by atoms with Crippen molar-refractivity contribution in [3.8, 4) is 11.5 Å². The summed E-state index contributed by atoms with van der Waals surface area (Å²) in [6.45, 7) is 2.30. The number of nitro benzene ring substituents is 1. The number of Topliss-reactive ketones (excluding diaryl/α,β-unsaturated/α-hetero) is 1. The van der Waals surface area contributed by atoms with E-state index in [1.165, 1.54) is 30.2 Å². The van der Waals surface area contributed by atoms with Crippen LogP contribution in [0.25, 0.3) is 16.0 Å². The third kappa shape index (κ3) is 4.33. The number of aliphatic hydroxyl groups excluding tert-OH is 1. The molecule has 10 nitrogen and oxygen atoms in total. The molecule has 1 saturated heterocycles. The van der Waals surface area contributed by atoms with E-state index in [0.29, 0.717) is 28.3 Å². The molecule has 192 valence electrons. The predicted molar refractivity (Wildman–Crippen MR) is 142 cm³/mol. The van der Waals surface area contributed by atoms with Gasteiger partial charge >= 0.3 is 5.91 Å². The Morgan fingerprint density at radius 1 is 1.11 bits per heavy atom. The number of nitro groups is 1. The van der Waals surface area contributed by atoms with E-state index in [1.807, 2.05) is 6.92 Å². The Morgan fingerprint density at radius 2 is 1.84 bits per heavy atom. The third-order valence-corrected chi connectivity index (χ3v) is 7.09. The number of hydrogen-bond donors (Lipinski definition) is 1. The number of aliphatic hydroxyl groups is 1. The molecule has 0 bridgehead atoms. The van der Waals surface area contributed by atoms with E-state index in [9.17, 15) is 24.8 Å². The molecule has 5 rings (SSSR count). The average Bonchev–Trinajstić information content (AvgIpc) is 3.46. The lowest BCUT2D eigenvalue weighted by molar-refractivity contribution is -0.384. The lowest BCUT2D eigenvalue weighted by Gasteiger charge is -2.22. The van der Waals surface area contributed by atoms with Gasteiger partial charge in [-0.15, -0.1) is 0 Å². The minimum atomic E-state index is -1.15. The molecule has 1 aliphatic rings. The molecule has 0 saturated carbocycles. The molecular formula is C27H21N3O7S. The second kappa shape index (κ2) is 9.94. The first kappa shape index (κ1) is 24.9. The molecule has 1 amide bonds. The van der Waals surface area contributed by atoms with E-state index in [2.05, 4.69) is 4.98 Å². The molecule has 0 spiro atoms. The van der Waals surface area contributed by atoms with Crippen LogP contribution in [-0.2, 0) is 9.59 Å². The van der Waals surface area contributed by atoms with Crippen molar-refractivity contribution in [1.82, 2.24) is 4.98 Å². The molecule has 11 heteroatoms. The van der Waals surface area contributed by atoms with Crippen LogP contribution in [0.4, 0.5) is 10.8 Å². The Hall–Kier alpha value is -4.77. The van der Waals surface area contributed by atoms with Gasteiger partial charge in [0.1, 0.15) is 17.3 Å². The highest BCUT2D eigenvalue weighted by atomic mass is 32.1. The molecule has 1 unspecified atom stereocenters. The fraction of sp³-hybridized carbons (Fsp3) is 0.148. The molecule has 38 heavy (non-hydrogen) atoms. The number of ketones is 1. The van der Waals surface area contributed by atoms with Gasteiger partial charge in [-0.3, -0.25) is 24.6 Å². The van der Waals surface area contributed by atoms with Crippen molar-refractivity contribution in [3.63, 3.8) is 0 Å². The number of thiazole rings is 1. The van der Waals surface area contributed by atoms with Crippen LogP contribution in [0.3, 0.4) is 0 Å². The van der Waals surface area contributed by atoms with E-state index in [0.717, 1.165) is 11.3 Å². The summed E-state index contributed by atoms with van der Waals surface area (Å²) in [7, 11) is 1.53. The van der Waals surface area contributed by atoms with Crippen LogP contribution < -0.4 is 14.4 Å². The Balaban J connectivity index is 1.70. The largest absolute Gasteiger partial charge is 0.507 e. The number of amides is 1. The quantitative estimate of drug-likeness (QED) is 0.113. The van der Waals surface area contributed by atoms with Crippen molar-refractivity contribution < 1.29 is 29.1 Å². The van der Waals surface area contributed by atoms with Crippen LogP contribution in [0.15, 0.2) is 72.3 Å². The smallest absolute Gasteiger partial charge is 0.301 e. The standard InChI is InChI=1S/C27H21N3O7S/c1-3-37-18-9-7-15(8-10-18)24(31)22-23(16-5-4-6-17(13-16)30(34)35)29(26(33)25(22)32)27-28-20-12-11-19(36-2)14-21(20)38-27/h4-14,23,31H,3H2,1-2H3/b24-22+. The highest BCUT2D eigenvalue weighted by molar-refractivity contribution is 7.22. The summed E-state index contributed by atoms with van der Waals surface area (Å²) in [6.07, 6.45) is 0. The second-order valence-corrected chi connectivity index (χ2v) is 9.32. The van der Waals surface area contributed by atoms with Gasteiger partial charge in [0, 0.05) is 17.7 Å². The van der Waals surface area contributed by atoms with E-state index in [1.54, 1.807) is 48.5 Å². The summed E-state index contributed by atoms with van der Waals surface area (Å²) < 4.78 is 11.4. The SMILES string of the molecule is CCOc1ccc(/C(O)=C2\C(=O)C(=O)N(c3nc4ccc(OC)cc4s3)C2c2cccc([N+](=O)[O-])c2)cc1. The maximum absolute atomic E-state index is 13.4. The van der Waals surface area contributed by atoms with Crippen molar-refractivity contribution in [2.45, 2.75) is 13.0 Å². The van der Waals surface area contributed by atoms with Crippen molar-refractivity contribution >= 4 is 49.8 Å². The van der Waals surface area contributed by atoms with Crippen molar-refractivity contribution in [2.75, 3.05) is 18.6 Å². The van der Waals surface area contributed by atoms with E-state index in [4.69, 9.17) is 9.47 Å². The number of rotatable bonds is 7. The molecule has 0 radical (unpaired) electrons. The van der Waals surface area contributed by atoms with Gasteiger partial charge < -0.3 is 14.6 Å². The summed E-state index contributed by atoms with van der Waals surface area (Å²) in [4.78, 5) is 43.5. The maximum Gasteiger partial charge on any atom is 0.301 e. The molecular weight excluding hydrogens is 510 g/mol. The van der Waals surface area contributed by atoms with Crippen LogP contribution in [0.1, 0.15) is 24.1 Å². The number of anilines is 1. The summed E-state index contributed by atoms with van der Waals surface area (Å²) in [5, 5.41) is 23.0. The summed E-state index contributed by atoms with van der Waals surface area (Å²) in [6, 6.07) is 16.1. The monoisotopic (exact) mass is 531 g/mol. The molecule has 1 aromatic heterocycles. The fourth-order valence-corrected chi connectivity index (χ4v) is 5.33. The molecule has 2 heterocycles. The maximum atomic E-state index is 13.4. The molecule has 3 aromatic carbocycles. The second-order valence-electron chi connectivity index (χ2n) is 8.31. The number of methoxy groups -OCH3 is 1. The molecule has 0 aliphatic carbocycles. The van der Waals surface area contributed by atoms with Crippen LogP contribution in [0.5, 0.6) is 11.5 Å². The van der Waals surface area contributed by atoms with Crippen molar-refractivity contribution in [2.24, 2.45) is 0 Å². The topological polar surface area (TPSA) is 132 Å². The normalized spacial score (nSPS) is 16.7. The van der Waals surface area contributed by atoms with E-state index in [-0.39, 0.29) is 27.5 Å². The lowest BCUT2D eigenvalue weighted by Crippen LogP contribution is -2.29. The Bertz CT molecular complexity index is 1610. The van der Waals surface area contributed by atoms with Gasteiger partial charge in [-0.05, 0) is 55.0 Å². The van der Waals surface area contributed by atoms with Crippen LogP contribution in [0, 0.1) is 10.1 Å². The van der Waals surface area contributed by atoms with Crippen LogP contribution in [0.2, 0.25) is 0 Å². The van der Waals surface area contributed by atoms with E-state index >= 15 is 0 Å². The van der Waals surface area contributed by atoms with Crippen molar-refractivity contribution in [3.05, 3.63) is 93.5 Å². The first-order valence-corrected chi connectivity index (χ1v) is 12.4. The number of ether oxygens (including phenoxy) is 2. The number of aromatic nitrogens is 1. The van der Waals surface area contributed by atoms with E-state index < -0.39 is 28.4 Å². The Kier molecular flexibility index (Phi) is 6.52. The third-order valence-electron chi connectivity index (χ3n) is 6.07. The Labute approximate surface area is 220 Å². The highest BCUT2D eigenvalue weighted by Crippen LogP contribution is 2.45. The zero-order valence-corrected chi connectivity index (χ0v) is 21.1. The zero-order valence-electron chi connectivity index (χ0n) is 20.3. The number of benzene rings is 3. The van der Waals surface area contributed by atoms with Crippen LogP contribution in [-0.4, -0.2) is 40.4 Å². The van der Waals surface area contributed by atoms with Gasteiger partial charge in [0.15, 0.2) is 5.13 Å².